The molecule has 0 atom stereocenters. The van der Waals surface area contributed by atoms with E-state index in [1.54, 1.807) is 0 Å². The fraction of sp³-hybridized carbons (Fsp3) is 0.200. The molecule has 0 saturated carbocycles. The zero-order valence-electron chi connectivity index (χ0n) is 5.67. The van der Waals surface area contributed by atoms with Crippen LogP contribution in [0.3, 0.4) is 0 Å². The van der Waals surface area contributed by atoms with Gasteiger partial charge in [-0.2, -0.15) is 10.5 Å². The van der Waals surface area contributed by atoms with E-state index in [9.17, 15) is 8.78 Å². The maximum atomic E-state index is 11.4. The Kier molecular flexibility index (Phi) is 7.23. The van der Waals surface area contributed by atoms with Gasteiger partial charge >= 0.3 is 29.6 Å². The fourth-order valence-corrected chi connectivity index (χ4v) is 0.249. The van der Waals surface area contributed by atoms with E-state index < -0.39 is 17.8 Å². The van der Waals surface area contributed by atoms with Crippen molar-refractivity contribution in [3.8, 4) is 12.1 Å². The topological polar surface area (TPSA) is 67.8 Å². The molecule has 0 aromatic heterocycles. The van der Waals surface area contributed by atoms with Crippen molar-refractivity contribution in [2.24, 2.45) is 0 Å². The zero-order valence-corrected chi connectivity index (χ0v) is 7.67. The van der Waals surface area contributed by atoms with Crippen LogP contribution in [0.1, 0.15) is 0 Å². The van der Waals surface area contributed by atoms with Crippen molar-refractivity contribution in [1.82, 2.24) is 0 Å². The summed E-state index contributed by atoms with van der Waals surface area (Å²) in [5.74, 6) is -1.47. The first-order valence-corrected chi connectivity index (χ1v) is 2.15. The summed E-state index contributed by atoms with van der Waals surface area (Å²) >= 11 is 0. The first-order chi connectivity index (χ1) is 4.63. The van der Waals surface area contributed by atoms with Gasteiger partial charge < -0.3 is 5.11 Å². The number of hydrogen-bond acceptors (Lipinski definition) is 3. The molecular weight excluding hydrogens is 165 g/mol. The third-order valence-corrected chi connectivity index (χ3v) is 0.686. The van der Waals surface area contributed by atoms with Gasteiger partial charge in [-0.1, -0.05) is 0 Å². The molecule has 6 heteroatoms. The Labute approximate surface area is 83.8 Å². The Hall–Kier alpha value is -0.620. The van der Waals surface area contributed by atoms with E-state index in [4.69, 9.17) is 15.6 Å². The second-order valence-corrected chi connectivity index (χ2v) is 1.28. The molecule has 1 N–H and O–H groups in total. The molecule has 0 rings (SSSR count). The monoisotopic (exact) mass is 167 g/mol. The van der Waals surface area contributed by atoms with Crippen LogP contribution in [0.15, 0.2) is 11.3 Å². The molecule has 0 fully saturated rings. The van der Waals surface area contributed by atoms with Gasteiger partial charge in [-0.3, -0.25) is 0 Å². The molecular formula is C5H2F2N2NaO+. The van der Waals surface area contributed by atoms with Crippen molar-refractivity contribution in [2.75, 3.05) is 0 Å². The van der Waals surface area contributed by atoms with Crippen LogP contribution in [-0.4, -0.2) is 11.5 Å². The number of rotatable bonds is 1. The minimum Gasteiger partial charge on any atom is -0.505 e. The summed E-state index contributed by atoms with van der Waals surface area (Å²) in [6, 6.07) is 2.24. The minimum atomic E-state index is -3.16. The SMILES string of the molecule is N#CC(C#N)=C(O)C(F)F.[Na+]. The van der Waals surface area contributed by atoms with Crippen molar-refractivity contribution >= 4 is 0 Å². The molecule has 0 spiro atoms. The molecule has 0 aromatic rings. The Bertz CT molecular complexity index is 222. The summed E-state index contributed by atoms with van der Waals surface area (Å²) in [5.41, 5.74) is -0.949. The minimum absolute atomic E-state index is 0. The van der Waals surface area contributed by atoms with Crippen molar-refractivity contribution in [3.63, 3.8) is 0 Å². The number of aliphatic hydroxyl groups excluding tert-OH is 1. The first-order valence-electron chi connectivity index (χ1n) is 2.15. The van der Waals surface area contributed by atoms with Gasteiger partial charge in [0, 0.05) is 0 Å². The second-order valence-electron chi connectivity index (χ2n) is 1.28. The molecule has 0 aliphatic rings. The number of halogens is 2. The number of nitrogens with zero attached hydrogens (tertiary/aromatic N) is 2. The molecule has 0 aliphatic heterocycles. The summed E-state index contributed by atoms with van der Waals surface area (Å²) in [4.78, 5) is 0. The number of aliphatic hydroxyl groups is 1. The van der Waals surface area contributed by atoms with Crippen molar-refractivity contribution in [1.29, 1.82) is 10.5 Å². The molecule has 0 heterocycles. The molecule has 11 heavy (non-hydrogen) atoms. The van der Waals surface area contributed by atoms with Crippen LogP contribution in [0.2, 0.25) is 0 Å². The van der Waals surface area contributed by atoms with Crippen molar-refractivity contribution < 1.29 is 43.4 Å². The second kappa shape index (κ2) is 6.11. The summed E-state index contributed by atoms with van der Waals surface area (Å²) < 4.78 is 22.9. The summed E-state index contributed by atoms with van der Waals surface area (Å²) in [5, 5.41) is 24.1. The van der Waals surface area contributed by atoms with Gasteiger partial charge in [0.25, 0.3) is 6.43 Å². The van der Waals surface area contributed by atoms with E-state index in [2.05, 4.69) is 0 Å². The Balaban J connectivity index is 0. The van der Waals surface area contributed by atoms with Crippen LogP contribution in [0.5, 0.6) is 0 Å². The molecule has 0 bridgehead atoms. The third-order valence-electron chi connectivity index (χ3n) is 0.686. The molecule has 0 aromatic carbocycles. The summed E-state index contributed by atoms with van der Waals surface area (Å²) in [6.07, 6.45) is -3.16. The quantitative estimate of drug-likeness (QED) is 0.282. The molecule has 0 saturated heterocycles. The standard InChI is InChI=1S/C5H2F2N2O.Na/c6-5(7)4(10)3(1-8)2-9;/h5,10H;/q;+1. The maximum absolute atomic E-state index is 11.4. The van der Waals surface area contributed by atoms with E-state index in [0.717, 1.165) is 12.1 Å². The van der Waals surface area contributed by atoms with Crippen LogP contribution in [0, 0.1) is 22.7 Å². The van der Waals surface area contributed by atoms with Gasteiger partial charge in [-0.05, 0) is 0 Å². The first kappa shape index (κ1) is 13.0. The molecule has 3 nitrogen and oxygen atoms in total. The van der Waals surface area contributed by atoms with Gasteiger partial charge in [0.2, 0.25) is 0 Å². The van der Waals surface area contributed by atoms with Crippen LogP contribution in [-0.2, 0) is 0 Å². The molecule has 0 aliphatic carbocycles. The maximum Gasteiger partial charge on any atom is 1.00 e. The summed E-state index contributed by atoms with van der Waals surface area (Å²) in [7, 11) is 0. The molecule has 52 valence electrons. The fourth-order valence-electron chi connectivity index (χ4n) is 0.249. The van der Waals surface area contributed by atoms with Gasteiger partial charge in [-0.25, -0.2) is 8.78 Å². The van der Waals surface area contributed by atoms with Gasteiger partial charge in [0.15, 0.2) is 11.3 Å². The normalized spacial score (nSPS) is 7.36. The number of allylic oxidation sites excluding steroid dienone is 2. The van der Waals surface area contributed by atoms with E-state index in [-0.39, 0.29) is 29.6 Å². The Morgan fingerprint density at radius 1 is 1.27 bits per heavy atom. The van der Waals surface area contributed by atoms with E-state index >= 15 is 0 Å². The number of alkyl halides is 2. The van der Waals surface area contributed by atoms with Crippen LogP contribution in [0.4, 0.5) is 8.78 Å². The molecule has 0 radical (unpaired) electrons. The largest absolute Gasteiger partial charge is 1.00 e. The van der Waals surface area contributed by atoms with E-state index in [0.29, 0.717) is 0 Å². The van der Waals surface area contributed by atoms with E-state index in [1.165, 1.54) is 0 Å². The van der Waals surface area contributed by atoms with Crippen LogP contribution >= 0.6 is 0 Å². The smallest absolute Gasteiger partial charge is 0.505 e. The van der Waals surface area contributed by atoms with Crippen LogP contribution < -0.4 is 29.6 Å². The number of nitriles is 2. The zero-order chi connectivity index (χ0) is 8.15. The average molecular weight is 167 g/mol. The predicted molar refractivity (Wildman–Crippen MR) is 26.9 cm³/mol. The molecule has 0 amide bonds. The average Bonchev–Trinajstić information content (AvgIpc) is 1.90. The van der Waals surface area contributed by atoms with Crippen molar-refractivity contribution in [2.45, 2.75) is 6.43 Å². The third kappa shape index (κ3) is 3.94. The van der Waals surface area contributed by atoms with Crippen LogP contribution in [0.25, 0.3) is 0 Å². The number of hydrogen-bond donors (Lipinski definition) is 1. The van der Waals surface area contributed by atoms with E-state index in [1.807, 2.05) is 0 Å². The van der Waals surface area contributed by atoms with Gasteiger partial charge in [-0.15, -0.1) is 0 Å². The Morgan fingerprint density at radius 3 is 1.73 bits per heavy atom. The summed E-state index contributed by atoms with van der Waals surface area (Å²) in [6.45, 7) is 0. The van der Waals surface area contributed by atoms with Gasteiger partial charge in [0.05, 0.1) is 0 Å². The predicted octanol–water partition coefficient (Wildman–Crippen LogP) is -1.89. The van der Waals surface area contributed by atoms with Gasteiger partial charge in [0.1, 0.15) is 12.1 Å². The van der Waals surface area contributed by atoms with Crippen molar-refractivity contribution in [3.05, 3.63) is 11.3 Å². The molecule has 0 unspecified atom stereocenters. The Morgan fingerprint density at radius 2 is 1.64 bits per heavy atom.